The highest BCUT2D eigenvalue weighted by molar-refractivity contribution is 5.66. The molecule has 0 saturated heterocycles. The molecule has 0 amide bonds. The Labute approximate surface area is 120 Å². The summed E-state index contributed by atoms with van der Waals surface area (Å²) in [6.07, 6.45) is 5.79. The van der Waals surface area contributed by atoms with Crippen LogP contribution in [0.15, 0.2) is 54.6 Å². The van der Waals surface area contributed by atoms with E-state index < -0.39 is 0 Å². The lowest BCUT2D eigenvalue weighted by Gasteiger charge is -2.06. The fourth-order valence-corrected chi connectivity index (χ4v) is 1.53. The number of rotatable bonds is 7. The van der Waals surface area contributed by atoms with Gasteiger partial charge >= 0.3 is 0 Å². The number of nitriles is 1. The molecular weight excluding hydrogens is 250 g/mol. The maximum absolute atomic E-state index is 8.80. The monoisotopic (exact) mass is 269 g/mol. The first kappa shape index (κ1) is 15.7. The predicted molar refractivity (Wildman–Crippen MR) is 81.2 cm³/mol. The fourth-order valence-electron chi connectivity index (χ4n) is 1.53. The molecule has 0 fully saturated rings. The van der Waals surface area contributed by atoms with E-state index in [0.29, 0.717) is 18.6 Å². The van der Waals surface area contributed by atoms with E-state index in [1.807, 2.05) is 37.3 Å². The van der Waals surface area contributed by atoms with Crippen LogP contribution in [0, 0.1) is 11.3 Å². The van der Waals surface area contributed by atoms with Gasteiger partial charge in [-0.3, -0.25) is 0 Å². The summed E-state index contributed by atoms with van der Waals surface area (Å²) in [5.41, 5.74) is 2.66. The van der Waals surface area contributed by atoms with Crippen molar-refractivity contribution in [3.63, 3.8) is 0 Å². The zero-order valence-electron chi connectivity index (χ0n) is 11.7. The minimum atomic E-state index is 0.136. The van der Waals surface area contributed by atoms with Crippen molar-refractivity contribution in [1.82, 2.24) is 0 Å². The molecule has 0 atom stereocenters. The van der Waals surface area contributed by atoms with Crippen LogP contribution in [0.3, 0.4) is 0 Å². The molecule has 1 rings (SSSR count). The van der Waals surface area contributed by atoms with Gasteiger partial charge in [0.05, 0.1) is 18.2 Å². The standard InChI is InChI=1S/C17H19NO2/c1-3-15(13-18)6-5-14(2)16-7-9-17(10-8-16)20-12-4-11-19/h3,5-10,19H,1,4,11-12H2,2H3/b14-5+,15-6+. The molecule has 3 heteroatoms. The summed E-state index contributed by atoms with van der Waals surface area (Å²) in [6, 6.07) is 9.78. The summed E-state index contributed by atoms with van der Waals surface area (Å²) in [5.74, 6) is 0.786. The van der Waals surface area contributed by atoms with Crippen molar-refractivity contribution < 1.29 is 9.84 Å². The molecular formula is C17H19NO2. The number of aliphatic hydroxyl groups is 1. The number of aliphatic hydroxyl groups excluding tert-OH is 1. The van der Waals surface area contributed by atoms with Crippen LogP contribution in [-0.2, 0) is 0 Å². The van der Waals surface area contributed by atoms with E-state index in [0.717, 1.165) is 16.9 Å². The van der Waals surface area contributed by atoms with Crippen molar-refractivity contribution >= 4 is 5.57 Å². The zero-order valence-corrected chi connectivity index (χ0v) is 11.7. The Morgan fingerprint density at radius 2 is 2.05 bits per heavy atom. The first-order valence-electron chi connectivity index (χ1n) is 6.46. The molecule has 0 saturated carbocycles. The molecule has 0 spiro atoms. The number of hydrogen-bond acceptors (Lipinski definition) is 3. The van der Waals surface area contributed by atoms with E-state index >= 15 is 0 Å². The van der Waals surface area contributed by atoms with Gasteiger partial charge in [0.2, 0.25) is 0 Å². The molecule has 0 aliphatic rings. The third-order valence-corrected chi connectivity index (χ3v) is 2.74. The van der Waals surface area contributed by atoms with Gasteiger partial charge in [0.15, 0.2) is 0 Å². The number of allylic oxidation sites excluding steroid dienone is 5. The second-order valence-electron chi connectivity index (χ2n) is 4.24. The first-order valence-corrected chi connectivity index (χ1v) is 6.46. The van der Waals surface area contributed by atoms with Gasteiger partial charge in [-0.1, -0.05) is 30.9 Å². The smallest absolute Gasteiger partial charge is 0.119 e. The van der Waals surface area contributed by atoms with Crippen molar-refractivity contribution in [1.29, 1.82) is 5.26 Å². The van der Waals surface area contributed by atoms with E-state index in [4.69, 9.17) is 15.1 Å². The van der Waals surface area contributed by atoms with E-state index in [1.54, 1.807) is 6.08 Å². The van der Waals surface area contributed by atoms with Gasteiger partial charge < -0.3 is 9.84 Å². The molecule has 0 aromatic heterocycles. The van der Waals surface area contributed by atoms with Crippen LogP contribution in [-0.4, -0.2) is 18.3 Å². The highest BCUT2D eigenvalue weighted by atomic mass is 16.5. The van der Waals surface area contributed by atoms with Crippen molar-refractivity contribution in [2.75, 3.05) is 13.2 Å². The zero-order chi connectivity index (χ0) is 14.8. The maximum Gasteiger partial charge on any atom is 0.119 e. The number of hydrogen-bond donors (Lipinski definition) is 1. The summed E-state index contributed by atoms with van der Waals surface area (Å²) in [7, 11) is 0. The normalized spacial score (nSPS) is 11.8. The Kier molecular flexibility index (Phi) is 6.88. The largest absolute Gasteiger partial charge is 0.494 e. The highest BCUT2D eigenvalue weighted by Crippen LogP contribution is 2.19. The molecule has 0 aliphatic carbocycles. The number of benzene rings is 1. The molecule has 3 nitrogen and oxygen atoms in total. The van der Waals surface area contributed by atoms with Crippen molar-refractivity contribution in [2.24, 2.45) is 0 Å². The lowest BCUT2D eigenvalue weighted by Crippen LogP contribution is -1.99. The summed E-state index contributed by atoms with van der Waals surface area (Å²) in [6.45, 7) is 6.21. The van der Waals surface area contributed by atoms with Crippen LogP contribution >= 0.6 is 0 Å². The Balaban J connectivity index is 2.73. The summed E-state index contributed by atoms with van der Waals surface area (Å²) >= 11 is 0. The molecule has 20 heavy (non-hydrogen) atoms. The van der Waals surface area contributed by atoms with Crippen LogP contribution in [0.5, 0.6) is 5.75 Å². The van der Waals surface area contributed by atoms with Gasteiger partial charge in [0.1, 0.15) is 5.75 Å². The average Bonchev–Trinajstić information content (AvgIpc) is 2.49. The van der Waals surface area contributed by atoms with E-state index in [9.17, 15) is 0 Å². The predicted octanol–water partition coefficient (Wildman–Crippen LogP) is 3.49. The summed E-state index contributed by atoms with van der Waals surface area (Å²) < 4.78 is 5.47. The fraction of sp³-hybridized carbons (Fsp3) is 0.235. The maximum atomic E-state index is 8.80. The Bertz CT molecular complexity index is 533. The molecule has 1 aromatic carbocycles. The van der Waals surface area contributed by atoms with Gasteiger partial charge in [0, 0.05) is 13.0 Å². The number of nitrogens with zero attached hydrogens (tertiary/aromatic N) is 1. The van der Waals surface area contributed by atoms with Gasteiger partial charge in [-0.15, -0.1) is 0 Å². The van der Waals surface area contributed by atoms with Gasteiger partial charge in [-0.05, 0) is 36.3 Å². The van der Waals surface area contributed by atoms with Gasteiger partial charge in [0.25, 0.3) is 0 Å². The minimum absolute atomic E-state index is 0.136. The third-order valence-electron chi connectivity index (χ3n) is 2.74. The van der Waals surface area contributed by atoms with Crippen LogP contribution < -0.4 is 4.74 Å². The van der Waals surface area contributed by atoms with Crippen molar-refractivity contribution in [2.45, 2.75) is 13.3 Å². The molecule has 0 unspecified atom stereocenters. The van der Waals surface area contributed by atoms with E-state index in [2.05, 4.69) is 12.6 Å². The molecule has 0 bridgehead atoms. The van der Waals surface area contributed by atoms with Gasteiger partial charge in [-0.25, -0.2) is 0 Å². The lowest BCUT2D eigenvalue weighted by atomic mass is 10.1. The number of ether oxygens (including phenoxy) is 1. The summed E-state index contributed by atoms with van der Waals surface area (Å²) in [5, 5.41) is 17.5. The van der Waals surface area contributed by atoms with Crippen LogP contribution in [0.2, 0.25) is 0 Å². The van der Waals surface area contributed by atoms with Crippen molar-refractivity contribution in [3.05, 3.63) is 60.2 Å². The third kappa shape index (κ3) is 5.13. The Morgan fingerprint density at radius 1 is 1.35 bits per heavy atom. The van der Waals surface area contributed by atoms with Gasteiger partial charge in [-0.2, -0.15) is 5.26 Å². The average molecular weight is 269 g/mol. The van der Waals surface area contributed by atoms with Crippen molar-refractivity contribution in [3.8, 4) is 11.8 Å². The SMILES string of the molecule is C=C/C(C#N)=C\C=C(/C)c1ccc(OCCCO)cc1. The molecule has 1 N–H and O–H groups in total. The molecule has 1 aromatic rings. The Hall–Kier alpha value is -2.31. The Morgan fingerprint density at radius 3 is 2.60 bits per heavy atom. The van der Waals surface area contributed by atoms with E-state index in [-0.39, 0.29) is 6.61 Å². The van der Waals surface area contributed by atoms with Crippen LogP contribution in [0.4, 0.5) is 0 Å². The quantitative estimate of drug-likeness (QED) is 0.468. The molecule has 104 valence electrons. The molecule has 0 radical (unpaired) electrons. The summed E-state index contributed by atoms with van der Waals surface area (Å²) in [4.78, 5) is 0. The van der Waals surface area contributed by atoms with Crippen LogP contribution in [0.1, 0.15) is 18.9 Å². The second-order valence-corrected chi connectivity index (χ2v) is 4.24. The lowest BCUT2D eigenvalue weighted by molar-refractivity contribution is 0.233. The second kappa shape index (κ2) is 8.73. The van der Waals surface area contributed by atoms with Crippen LogP contribution in [0.25, 0.3) is 5.57 Å². The molecule has 0 aliphatic heterocycles. The molecule has 0 heterocycles. The topological polar surface area (TPSA) is 53.2 Å². The first-order chi connectivity index (χ1) is 9.71. The van der Waals surface area contributed by atoms with E-state index in [1.165, 1.54) is 6.08 Å². The highest BCUT2D eigenvalue weighted by Gasteiger charge is 1.97. The minimum Gasteiger partial charge on any atom is -0.494 e.